The van der Waals surface area contributed by atoms with E-state index in [1.54, 1.807) is 6.20 Å². The fraction of sp³-hybridized carbons (Fsp3) is 0.160. The Morgan fingerprint density at radius 1 is 0.914 bits per heavy atom. The van der Waals surface area contributed by atoms with E-state index in [4.69, 9.17) is 0 Å². The first kappa shape index (κ1) is 22.3. The number of anilines is 4. The highest BCUT2D eigenvalue weighted by atomic mass is 19.1. The third kappa shape index (κ3) is 4.77. The number of aryl methyl sites for hydroxylation is 2. The monoisotopic (exact) mass is 473 g/mol. The Labute approximate surface area is 199 Å². The molecule has 5 heterocycles. The Balaban J connectivity index is 1.59. The summed E-state index contributed by atoms with van der Waals surface area (Å²) in [6.45, 7) is 2.22. The summed E-state index contributed by atoms with van der Waals surface area (Å²) in [4.78, 5) is 29.0. The van der Waals surface area contributed by atoms with Gasteiger partial charge in [0.1, 0.15) is 5.82 Å². The first-order valence-electron chi connectivity index (χ1n) is 11.0. The van der Waals surface area contributed by atoms with Gasteiger partial charge in [-0.2, -0.15) is 9.37 Å². The van der Waals surface area contributed by atoms with E-state index >= 15 is 0 Å². The van der Waals surface area contributed by atoms with Crippen LogP contribution in [-0.4, -0.2) is 32.4 Å². The number of pyridine rings is 2. The predicted octanol–water partition coefficient (Wildman–Crippen LogP) is 4.68. The van der Waals surface area contributed by atoms with Gasteiger partial charge in [0, 0.05) is 47.5 Å². The summed E-state index contributed by atoms with van der Waals surface area (Å²) in [6.07, 6.45) is 5.54. The molecule has 2 aliphatic heterocycles. The van der Waals surface area contributed by atoms with Crippen molar-refractivity contribution in [3.8, 4) is 11.1 Å². The van der Waals surface area contributed by atoms with E-state index in [-0.39, 0.29) is 17.3 Å². The predicted molar refractivity (Wildman–Crippen MR) is 128 cm³/mol. The van der Waals surface area contributed by atoms with Crippen molar-refractivity contribution in [2.24, 2.45) is 0 Å². The molecule has 0 saturated carbocycles. The second-order valence-electron chi connectivity index (χ2n) is 8.11. The number of nitrogens with zero attached hydrogens (tertiary/aromatic N) is 4. The van der Waals surface area contributed by atoms with Gasteiger partial charge >= 0.3 is 0 Å². The summed E-state index contributed by atoms with van der Waals surface area (Å²) in [5, 5.41) is 8.90. The van der Waals surface area contributed by atoms with Crippen LogP contribution in [0.4, 0.5) is 31.9 Å². The Bertz CT molecular complexity index is 1430. The Kier molecular flexibility index (Phi) is 6.01. The number of carbonyl (C=O) groups is 1. The summed E-state index contributed by atoms with van der Waals surface area (Å²) >= 11 is 0. The Morgan fingerprint density at radius 3 is 2.57 bits per heavy atom. The highest BCUT2D eigenvalue weighted by Crippen LogP contribution is 2.28. The Hall–Kier alpha value is -4.47. The first-order valence-corrected chi connectivity index (χ1v) is 11.0. The lowest BCUT2D eigenvalue weighted by molar-refractivity contribution is 0.0944. The van der Waals surface area contributed by atoms with E-state index in [0.29, 0.717) is 36.3 Å². The number of nitrogens with one attached hydrogen (secondary N) is 3. The second-order valence-corrected chi connectivity index (χ2v) is 8.11. The number of hydrogen-bond acceptors (Lipinski definition) is 7. The maximum atomic E-state index is 14.7. The van der Waals surface area contributed by atoms with Gasteiger partial charge in [-0.15, -0.1) is 0 Å². The molecule has 0 spiro atoms. The van der Waals surface area contributed by atoms with Crippen LogP contribution in [0.15, 0.2) is 55.0 Å². The third-order valence-corrected chi connectivity index (χ3v) is 5.63. The van der Waals surface area contributed by atoms with Gasteiger partial charge in [-0.1, -0.05) is 18.2 Å². The minimum Gasteiger partial charge on any atom is -0.351 e. The zero-order chi connectivity index (χ0) is 24.4. The summed E-state index contributed by atoms with van der Waals surface area (Å²) in [5.41, 5.74) is 3.13. The molecule has 6 rings (SSSR count). The number of hydrogen-bond donors (Lipinski definition) is 3. The van der Waals surface area contributed by atoms with Crippen molar-refractivity contribution in [3.05, 3.63) is 83.6 Å². The van der Waals surface area contributed by atoms with Crippen LogP contribution in [0.2, 0.25) is 0 Å². The average molecular weight is 473 g/mol. The maximum absolute atomic E-state index is 14.7. The Morgan fingerprint density at radius 2 is 1.71 bits per heavy atom. The standard InChI is InChI=1S/C25H21F2N7O/c1-14-11-31-25-33-20-10-17(13-30-22(20)27)16-9-18(26)21(29-12-16)24(35)28-8-4-6-15-5-2-3-7-19(15)32-23(14)34-25/h2-3,5,7,9-13H,4,6,8H2,1H3,(H,28,35)(H2,31,32,33,34). The van der Waals surface area contributed by atoms with Crippen LogP contribution in [0.1, 0.15) is 28.0 Å². The molecule has 4 aromatic rings. The van der Waals surface area contributed by atoms with E-state index in [1.807, 2.05) is 31.2 Å². The van der Waals surface area contributed by atoms with E-state index in [0.717, 1.165) is 16.8 Å². The molecular weight excluding hydrogens is 452 g/mol. The molecule has 35 heavy (non-hydrogen) atoms. The van der Waals surface area contributed by atoms with Crippen molar-refractivity contribution in [2.45, 2.75) is 19.8 Å². The van der Waals surface area contributed by atoms with Crippen molar-refractivity contribution >= 4 is 29.0 Å². The molecule has 3 aromatic heterocycles. The van der Waals surface area contributed by atoms with Gasteiger partial charge in [-0.3, -0.25) is 4.79 Å². The van der Waals surface area contributed by atoms with Gasteiger partial charge in [-0.25, -0.2) is 19.3 Å². The van der Waals surface area contributed by atoms with Gasteiger partial charge < -0.3 is 16.0 Å². The number of rotatable bonds is 0. The highest BCUT2D eigenvalue weighted by molar-refractivity contribution is 5.92. The van der Waals surface area contributed by atoms with E-state index in [2.05, 4.69) is 35.9 Å². The van der Waals surface area contributed by atoms with E-state index in [1.165, 1.54) is 24.5 Å². The van der Waals surface area contributed by atoms with Crippen molar-refractivity contribution in [1.82, 2.24) is 25.3 Å². The van der Waals surface area contributed by atoms with Crippen LogP contribution >= 0.6 is 0 Å². The molecule has 176 valence electrons. The molecule has 8 nitrogen and oxygen atoms in total. The number of aromatic nitrogens is 4. The molecular formula is C25H21F2N7O. The third-order valence-electron chi connectivity index (χ3n) is 5.63. The zero-order valence-electron chi connectivity index (χ0n) is 18.8. The zero-order valence-corrected chi connectivity index (χ0v) is 18.8. The molecule has 2 aliphatic rings. The number of benzene rings is 1. The van der Waals surface area contributed by atoms with E-state index < -0.39 is 17.7 Å². The molecule has 0 fully saturated rings. The van der Waals surface area contributed by atoms with Crippen LogP contribution in [0, 0.1) is 18.7 Å². The molecule has 0 aliphatic carbocycles. The van der Waals surface area contributed by atoms with Crippen molar-refractivity contribution in [2.75, 3.05) is 17.2 Å². The topological polar surface area (TPSA) is 105 Å². The molecule has 1 aromatic carbocycles. The normalized spacial score (nSPS) is 13.4. The summed E-state index contributed by atoms with van der Waals surface area (Å²) in [5.74, 6) is -1.42. The summed E-state index contributed by atoms with van der Waals surface area (Å²) in [6, 6.07) is 10.4. The lowest BCUT2D eigenvalue weighted by atomic mass is 10.1. The fourth-order valence-electron chi connectivity index (χ4n) is 3.76. The van der Waals surface area contributed by atoms with Crippen molar-refractivity contribution in [3.63, 3.8) is 0 Å². The number of halogens is 2. The fourth-order valence-corrected chi connectivity index (χ4v) is 3.76. The molecule has 10 heteroatoms. The van der Waals surface area contributed by atoms with Gasteiger partial charge in [0.15, 0.2) is 11.5 Å². The minimum absolute atomic E-state index is 0.0119. The van der Waals surface area contributed by atoms with Crippen LogP contribution in [0.3, 0.4) is 0 Å². The second kappa shape index (κ2) is 9.41. The van der Waals surface area contributed by atoms with Gasteiger partial charge in [-0.05, 0) is 43.5 Å². The van der Waals surface area contributed by atoms with Crippen LogP contribution in [0.25, 0.3) is 11.1 Å². The molecule has 1 amide bonds. The van der Waals surface area contributed by atoms with Gasteiger partial charge in [0.05, 0.1) is 5.69 Å². The van der Waals surface area contributed by atoms with E-state index in [9.17, 15) is 13.6 Å². The molecule has 0 unspecified atom stereocenters. The summed E-state index contributed by atoms with van der Waals surface area (Å²) < 4.78 is 29.2. The average Bonchev–Trinajstić information content (AvgIpc) is 2.85. The summed E-state index contributed by atoms with van der Waals surface area (Å²) in [7, 11) is 0. The number of para-hydroxylation sites is 1. The quantitative estimate of drug-likeness (QED) is 0.319. The number of carbonyl (C=O) groups excluding carboxylic acids is 1. The molecule has 6 bridgehead atoms. The van der Waals surface area contributed by atoms with Crippen LogP contribution in [0.5, 0.6) is 0 Å². The SMILES string of the molecule is Cc1cnc2nc1Nc1ccccc1CCCNC(=O)c1ncc(cc1F)-c1cnc(F)c(c1)N2. The van der Waals surface area contributed by atoms with Gasteiger partial charge in [0.2, 0.25) is 11.9 Å². The lowest BCUT2D eigenvalue weighted by Gasteiger charge is -2.14. The highest BCUT2D eigenvalue weighted by Gasteiger charge is 2.17. The molecule has 0 radical (unpaired) electrons. The smallest absolute Gasteiger partial charge is 0.272 e. The van der Waals surface area contributed by atoms with Crippen LogP contribution < -0.4 is 16.0 Å². The van der Waals surface area contributed by atoms with Crippen molar-refractivity contribution < 1.29 is 13.6 Å². The maximum Gasteiger partial charge on any atom is 0.272 e. The molecule has 0 saturated heterocycles. The lowest BCUT2D eigenvalue weighted by Crippen LogP contribution is -2.26. The minimum atomic E-state index is -0.780. The molecule has 3 N–H and O–H groups in total. The first-order chi connectivity index (χ1) is 17.0. The number of fused-ring (bicyclic) bond motifs is 6. The van der Waals surface area contributed by atoms with Gasteiger partial charge in [0.25, 0.3) is 5.91 Å². The molecule has 0 atom stereocenters. The largest absolute Gasteiger partial charge is 0.351 e. The van der Waals surface area contributed by atoms with Crippen molar-refractivity contribution in [1.29, 1.82) is 0 Å². The van der Waals surface area contributed by atoms with Crippen LogP contribution in [-0.2, 0) is 6.42 Å². The number of amides is 1.